The van der Waals surface area contributed by atoms with Crippen LogP contribution in [0.3, 0.4) is 0 Å². The summed E-state index contributed by atoms with van der Waals surface area (Å²) in [5, 5.41) is 8.29. The highest BCUT2D eigenvalue weighted by molar-refractivity contribution is 7.88. The van der Waals surface area contributed by atoms with E-state index in [1.54, 1.807) is 0 Å². The average Bonchev–Trinajstić information content (AvgIpc) is 3.00. The normalized spacial score (nSPS) is 20.1. The zero-order valence-electron chi connectivity index (χ0n) is 13.8. The molecule has 0 bridgehead atoms. The topological polar surface area (TPSA) is 83.4 Å². The predicted octanol–water partition coefficient (Wildman–Crippen LogP) is -0.821. The Kier molecular flexibility index (Phi) is 5.54. The summed E-state index contributed by atoms with van der Waals surface area (Å²) >= 11 is 0. The second-order valence-electron chi connectivity index (χ2n) is 6.05. The molecule has 2 heterocycles. The average molecular weight is 330 g/mol. The van der Waals surface area contributed by atoms with Gasteiger partial charge in [0.2, 0.25) is 10.0 Å². The van der Waals surface area contributed by atoms with Crippen LogP contribution in [0.15, 0.2) is 0 Å². The van der Waals surface area contributed by atoms with E-state index in [9.17, 15) is 8.42 Å². The molecule has 2 rings (SSSR count). The van der Waals surface area contributed by atoms with Gasteiger partial charge in [-0.05, 0) is 26.9 Å². The van der Waals surface area contributed by atoms with Crippen LogP contribution in [0.2, 0.25) is 0 Å². The molecule has 1 N–H and O–H groups in total. The lowest BCUT2D eigenvalue weighted by Crippen LogP contribution is -2.37. The van der Waals surface area contributed by atoms with E-state index in [4.69, 9.17) is 0 Å². The van der Waals surface area contributed by atoms with Crippen LogP contribution in [0.5, 0.6) is 0 Å². The van der Waals surface area contributed by atoms with E-state index >= 15 is 0 Å². The second-order valence-corrected chi connectivity index (χ2v) is 7.88. The SMILES string of the molecule is Cc1nnc(CN(C)[C@H]2CCN(CCNS(C)(=O)=O)C2)n1C. The number of likely N-dealkylation sites (tertiary alicyclic amines) is 1. The van der Waals surface area contributed by atoms with Gasteiger partial charge in [0.15, 0.2) is 0 Å². The first-order valence-electron chi connectivity index (χ1n) is 7.48. The Bertz CT molecular complexity index is 600. The summed E-state index contributed by atoms with van der Waals surface area (Å²) in [7, 11) is 0.993. The van der Waals surface area contributed by atoms with Gasteiger partial charge in [-0.25, -0.2) is 13.1 Å². The molecule has 0 radical (unpaired) electrons. The Morgan fingerprint density at radius 3 is 2.73 bits per heavy atom. The lowest BCUT2D eigenvalue weighted by molar-refractivity contribution is 0.219. The van der Waals surface area contributed by atoms with Gasteiger partial charge in [0.1, 0.15) is 11.6 Å². The molecule has 1 saturated heterocycles. The minimum Gasteiger partial charge on any atom is -0.317 e. The summed E-state index contributed by atoms with van der Waals surface area (Å²) in [6.07, 6.45) is 2.28. The summed E-state index contributed by atoms with van der Waals surface area (Å²) in [6.45, 7) is 5.90. The monoisotopic (exact) mass is 330 g/mol. The highest BCUT2D eigenvalue weighted by Gasteiger charge is 2.26. The zero-order chi connectivity index (χ0) is 16.3. The van der Waals surface area contributed by atoms with Gasteiger partial charge < -0.3 is 9.47 Å². The molecule has 1 aliphatic heterocycles. The highest BCUT2D eigenvalue weighted by atomic mass is 32.2. The number of likely N-dealkylation sites (N-methyl/N-ethyl adjacent to an activating group) is 1. The number of nitrogens with zero attached hydrogens (tertiary/aromatic N) is 5. The van der Waals surface area contributed by atoms with Crippen LogP contribution in [0.1, 0.15) is 18.1 Å². The molecule has 9 heteroatoms. The van der Waals surface area contributed by atoms with E-state index in [1.165, 1.54) is 6.26 Å². The minimum absolute atomic E-state index is 0.468. The quantitative estimate of drug-likeness (QED) is 0.703. The molecule has 1 aromatic heterocycles. The second kappa shape index (κ2) is 7.03. The van der Waals surface area contributed by atoms with Crippen molar-refractivity contribution in [2.45, 2.75) is 25.9 Å². The Morgan fingerprint density at radius 2 is 2.14 bits per heavy atom. The maximum absolute atomic E-state index is 11.1. The third-order valence-corrected chi connectivity index (χ3v) is 4.97. The molecule has 126 valence electrons. The first kappa shape index (κ1) is 17.3. The Hall–Kier alpha value is -1.03. The highest BCUT2D eigenvalue weighted by Crippen LogP contribution is 2.15. The summed E-state index contributed by atoms with van der Waals surface area (Å²) in [5.74, 6) is 1.89. The summed E-state index contributed by atoms with van der Waals surface area (Å²) < 4.78 is 26.7. The number of nitrogens with one attached hydrogen (secondary N) is 1. The fourth-order valence-electron chi connectivity index (χ4n) is 2.71. The van der Waals surface area contributed by atoms with Crippen molar-refractivity contribution in [3.8, 4) is 0 Å². The minimum atomic E-state index is -3.09. The summed E-state index contributed by atoms with van der Waals surface area (Å²) in [4.78, 5) is 4.59. The van der Waals surface area contributed by atoms with Crippen molar-refractivity contribution in [2.75, 3.05) is 39.5 Å². The van der Waals surface area contributed by atoms with Gasteiger partial charge >= 0.3 is 0 Å². The number of hydrogen-bond acceptors (Lipinski definition) is 6. The standard InChI is InChI=1S/C13H26N6O2S/c1-11-15-16-13(18(11)3)10-17(2)12-5-7-19(9-12)8-6-14-22(4,20)21/h12,14H,5-10H2,1-4H3/t12-/m0/s1. The van der Waals surface area contributed by atoms with Gasteiger partial charge in [0.25, 0.3) is 0 Å². The molecule has 0 spiro atoms. The molecular formula is C13H26N6O2S. The summed E-state index contributed by atoms with van der Waals surface area (Å²) in [5.41, 5.74) is 0. The Labute approximate surface area is 132 Å². The molecule has 1 fully saturated rings. The molecule has 1 aromatic rings. The molecule has 8 nitrogen and oxygen atoms in total. The predicted molar refractivity (Wildman–Crippen MR) is 84.9 cm³/mol. The number of hydrogen-bond donors (Lipinski definition) is 1. The number of rotatable bonds is 7. The van der Waals surface area contributed by atoms with Crippen molar-refractivity contribution in [1.82, 2.24) is 29.3 Å². The number of aryl methyl sites for hydroxylation is 1. The van der Waals surface area contributed by atoms with Crippen LogP contribution >= 0.6 is 0 Å². The summed E-state index contributed by atoms with van der Waals surface area (Å²) in [6, 6.07) is 0.468. The van der Waals surface area contributed by atoms with Gasteiger partial charge in [0.05, 0.1) is 12.8 Å². The van der Waals surface area contributed by atoms with Crippen molar-refractivity contribution in [2.24, 2.45) is 7.05 Å². The molecule has 0 aliphatic carbocycles. The maximum Gasteiger partial charge on any atom is 0.208 e. The Morgan fingerprint density at radius 1 is 1.41 bits per heavy atom. The third-order valence-electron chi connectivity index (χ3n) is 4.24. The van der Waals surface area contributed by atoms with E-state index in [-0.39, 0.29) is 0 Å². The van der Waals surface area contributed by atoms with Crippen LogP contribution in [0, 0.1) is 6.92 Å². The third kappa shape index (κ3) is 4.73. The first-order valence-corrected chi connectivity index (χ1v) is 9.37. The largest absolute Gasteiger partial charge is 0.317 e. The molecule has 22 heavy (non-hydrogen) atoms. The smallest absolute Gasteiger partial charge is 0.208 e. The number of sulfonamides is 1. The molecule has 0 aromatic carbocycles. The number of aromatic nitrogens is 3. The van der Waals surface area contributed by atoms with Gasteiger partial charge in [-0.2, -0.15) is 0 Å². The molecule has 1 atom stereocenters. The van der Waals surface area contributed by atoms with Gasteiger partial charge in [-0.3, -0.25) is 4.90 Å². The van der Waals surface area contributed by atoms with Gasteiger partial charge in [0, 0.05) is 32.7 Å². The van der Waals surface area contributed by atoms with Crippen LogP contribution in [-0.4, -0.2) is 78.5 Å². The maximum atomic E-state index is 11.1. The molecule has 0 amide bonds. The molecule has 0 saturated carbocycles. The van der Waals surface area contributed by atoms with Gasteiger partial charge in [-0.15, -0.1) is 10.2 Å². The fourth-order valence-corrected chi connectivity index (χ4v) is 3.17. The van der Waals surface area contributed by atoms with Crippen molar-refractivity contribution in [3.05, 3.63) is 11.6 Å². The lowest BCUT2D eigenvalue weighted by Gasteiger charge is -2.24. The van der Waals surface area contributed by atoms with E-state index in [0.717, 1.165) is 44.2 Å². The fraction of sp³-hybridized carbons (Fsp3) is 0.846. The van der Waals surface area contributed by atoms with Crippen LogP contribution < -0.4 is 4.72 Å². The van der Waals surface area contributed by atoms with Crippen molar-refractivity contribution in [1.29, 1.82) is 0 Å². The van der Waals surface area contributed by atoms with E-state index < -0.39 is 10.0 Å². The van der Waals surface area contributed by atoms with Crippen LogP contribution in [0.4, 0.5) is 0 Å². The zero-order valence-corrected chi connectivity index (χ0v) is 14.6. The van der Waals surface area contributed by atoms with Crippen LogP contribution in [0.25, 0.3) is 0 Å². The van der Waals surface area contributed by atoms with Crippen molar-refractivity contribution >= 4 is 10.0 Å². The van der Waals surface area contributed by atoms with Gasteiger partial charge in [-0.1, -0.05) is 0 Å². The van der Waals surface area contributed by atoms with E-state index in [1.807, 2.05) is 18.5 Å². The van der Waals surface area contributed by atoms with Crippen molar-refractivity contribution < 1.29 is 8.42 Å². The lowest BCUT2D eigenvalue weighted by atomic mass is 10.2. The Balaban J connectivity index is 1.78. The van der Waals surface area contributed by atoms with E-state index in [0.29, 0.717) is 12.6 Å². The first-order chi connectivity index (χ1) is 10.3. The molecule has 1 aliphatic rings. The van der Waals surface area contributed by atoms with E-state index in [2.05, 4.69) is 31.8 Å². The molecular weight excluding hydrogens is 304 g/mol. The van der Waals surface area contributed by atoms with Crippen LogP contribution in [-0.2, 0) is 23.6 Å². The van der Waals surface area contributed by atoms with Crippen molar-refractivity contribution in [3.63, 3.8) is 0 Å². The molecule has 0 unspecified atom stereocenters.